The second kappa shape index (κ2) is 15.1. The summed E-state index contributed by atoms with van der Waals surface area (Å²) in [6.07, 6.45) is 0. The highest BCUT2D eigenvalue weighted by molar-refractivity contribution is 6.29. The molecule has 16 rings (SSSR count). The second-order valence-corrected chi connectivity index (χ2v) is 19.8. The van der Waals surface area contributed by atoms with Crippen molar-refractivity contribution in [2.75, 3.05) is 0 Å². The molecule has 0 atom stereocenters. The molecule has 0 nitrogen and oxygen atoms in total. The van der Waals surface area contributed by atoms with Gasteiger partial charge < -0.3 is 0 Å². The van der Waals surface area contributed by atoms with E-state index in [0.717, 1.165) is 0 Å². The second-order valence-electron chi connectivity index (χ2n) is 19.8. The van der Waals surface area contributed by atoms with E-state index in [1.54, 1.807) is 0 Å². The number of rotatable bonds is 3. The van der Waals surface area contributed by atoms with Gasteiger partial charge in [0.25, 0.3) is 0 Å². The average molecular weight is 907 g/mol. The number of fused-ring (bicyclic) bond motifs is 16. The molecule has 0 aliphatic heterocycles. The van der Waals surface area contributed by atoms with E-state index >= 15 is 0 Å². The van der Waals surface area contributed by atoms with Gasteiger partial charge in [-0.2, -0.15) is 0 Å². The van der Waals surface area contributed by atoms with Gasteiger partial charge in [-0.15, -0.1) is 0 Å². The van der Waals surface area contributed by atoms with Crippen LogP contribution in [0.5, 0.6) is 0 Å². The molecule has 330 valence electrons. The molecule has 16 aromatic rings. The summed E-state index contributed by atoms with van der Waals surface area (Å²) in [4.78, 5) is 0. The highest BCUT2D eigenvalue weighted by Gasteiger charge is 2.21. The lowest BCUT2D eigenvalue weighted by Crippen LogP contribution is -1.92. The van der Waals surface area contributed by atoms with Crippen molar-refractivity contribution in [3.8, 4) is 33.4 Å². The Morgan fingerprint density at radius 2 is 0.417 bits per heavy atom. The first-order valence-electron chi connectivity index (χ1n) is 25.1. The SMILES string of the molecule is c1ccc2cc3c(cc(-c4c5ccccc5cc5c4ccc4c(-c6cccc7c6ccc6c(-c8cc9cc%10ccccc%10cc9c9ccccc89)c8ccccc8cc67)cccc45)c4ccccc43)cc2c1. The number of benzene rings is 16. The molecule has 0 amide bonds. The minimum Gasteiger partial charge on any atom is -0.0616 e. The molecule has 0 radical (unpaired) electrons. The topological polar surface area (TPSA) is 0 Å². The van der Waals surface area contributed by atoms with Gasteiger partial charge in [0, 0.05) is 0 Å². The Kier molecular flexibility index (Phi) is 8.26. The molecule has 0 heterocycles. The average Bonchev–Trinajstić information content (AvgIpc) is 3.44. The van der Waals surface area contributed by atoms with Gasteiger partial charge in [-0.1, -0.05) is 206 Å². The van der Waals surface area contributed by atoms with E-state index in [2.05, 4.69) is 255 Å². The summed E-state index contributed by atoms with van der Waals surface area (Å²) in [7, 11) is 0. The highest BCUT2D eigenvalue weighted by atomic mass is 14.2. The monoisotopic (exact) mass is 906 g/mol. The zero-order valence-electron chi connectivity index (χ0n) is 39.2. The summed E-state index contributed by atoms with van der Waals surface area (Å²) < 4.78 is 0. The molecule has 0 aliphatic carbocycles. The molecular formula is C72H42. The number of hydrogen-bond donors (Lipinski definition) is 0. The van der Waals surface area contributed by atoms with Crippen LogP contribution in [0, 0.1) is 0 Å². The normalized spacial score (nSPS) is 12.2. The van der Waals surface area contributed by atoms with E-state index in [1.165, 1.54) is 163 Å². The predicted molar refractivity (Wildman–Crippen MR) is 313 cm³/mol. The molecule has 0 spiro atoms. The maximum Gasteiger partial charge on any atom is -0.00201 e. The van der Waals surface area contributed by atoms with Crippen molar-refractivity contribution in [3.63, 3.8) is 0 Å². The molecular weight excluding hydrogens is 865 g/mol. The lowest BCUT2D eigenvalue weighted by atomic mass is 9.84. The minimum absolute atomic E-state index is 1.24. The van der Waals surface area contributed by atoms with Crippen LogP contribution in [0.15, 0.2) is 255 Å². The first kappa shape index (κ1) is 39.5. The van der Waals surface area contributed by atoms with E-state index < -0.39 is 0 Å². The third-order valence-corrected chi connectivity index (χ3v) is 16.1. The largest absolute Gasteiger partial charge is 0.0616 e. The van der Waals surface area contributed by atoms with Crippen LogP contribution in [0.1, 0.15) is 0 Å². The van der Waals surface area contributed by atoms with Gasteiger partial charge in [0.2, 0.25) is 0 Å². The van der Waals surface area contributed by atoms with Crippen molar-refractivity contribution in [3.05, 3.63) is 255 Å². The van der Waals surface area contributed by atoms with Crippen molar-refractivity contribution < 1.29 is 0 Å². The Morgan fingerprint density at radius 1 is 0.125 bits per heavy atom. The summed E-state index contributed by atoms with van der Waals surface area (Å²) in [5, 5.41) is 30.4. The fourth-order valence-corrected chi connectivity index (χ4v) is 12.9. The molecule has 0 aromatic heterocycles. The Balaban J connectivity index is 0.933. The molecule has 0 bridgehead atoms. The Bertz CT molecular complexity index is 4710. The van der Waals surface area contributed by atoms with Gasteiger partial charge >= 0.3 is 0 Å². The molecule has 0 N–H and O–H groups in total. The quantitative estimate of drug-likeness (QED) is 0.122. The van der Waals surface area contributed by atoms with Gasteiger partial charge in [0.15, 0.2) is 0 Å². The molecule has 16 aromatic carbocycles. The van der Waals surface area contributed by atoms with E-state index in [0.29, 0.717) is 0 Å². The molecule has 0 fully saturated rings. The highest BCUT2D eigenvalue weighted by Crippen LogP contribution is 2.48. The maximum absolute atomic E-state index is 2.45. The number of hydrogen-bond acceptors (Lipinski definition) is 0. The van der Waals surface area contributed by atoms with Crippen molar-refractivity contribution >= 4 is 129 Å². The summed E-state index contributed by atoms with van der Waals surface area (Å²) in [5.41, 5.74) is 7.59. The van der Waals surface area contributed by atoms with Gasteiger partial charge in [-0.3, -0.25) is 0 Å². The summed E-state index contributed by atoms with van der Waals surface area (Å²) in [5.74, 6) is 0. The van der Waals surface area contributed by atoms with E-state index in [-0.39, 0.29) is 0 Å². The standard InChI is InChI=1S/C72H42/c1-3-17-45-37-65-49(35-43(45)15-1)41-69(59-25-11-9-23-55(59)65)71-51-21-7-5-19-47(51)39-67-57-29-13-27-53(61(57)31-33-63(67)71)54-28-14-30-58-62(54)32-34-64-68(58)40-48-20-6-8-22-52(48)72(64)70-42-50-36-44-16-2-4-18-46(44)38-66(50)56-24-10-12-26-60(56)70/h1-42H. The molecule has 0 saturated heterocycles. The first-order valence-corrected chi connectivity index (χ1v) is 25.1. The fraction of sp³-hybridized carbons (Fsp3) is 0. The van der Waals surface area contributed by atoms with Crippen LogP contribution < -0.4 is 0 Å². The van der Waals surface area contributed by atoms with Crippen LogP contribution in [-0.4, -0.2) is 0 Å². The molecule has 0 unspecified atom stereocenters. The van der Waals surface area contributed by atoms with E-state index in [1.807, 2.05) is 0 Å². The predicted octanol–water partition coefficient (Wildman–Crippen LogP) is 20.5. The zero-order valence-corrected chi connectivity index (χ0v) is 39.2. The van der Waals surface area contributed by atoms with Crippen LogP contribution in [0.2, 0.25) is 0 Å². The lowest BCUT2D eigenvalue weighted by Gasteiger charge is -2.19. The van der Waals surface area contributed by atoms with Crippen LogP contribution in [0.3, 0.4) is 0 Å². The van der Waals surface area contributed by atoms with Gasteiger partial charge in [0.05, 0.1) is 0 Å². The Morgan fingerprint density at radius 3 is 0.847 bits per heavy atom. The van der Waals surface area contributed by atoms with Crippen molar-refractivity contribution in [1.29, 1.82) is 0 Å². The maximum atomic E-state index is 2.45. The van der Waals surface area contributed by atoms with Gasteiger partial charge in [0.1, 0.15) is 0 Å². The third-order valence-electron chi connectivity index (χ3n) is 16.1. The zero-order chi connectivity index (χ0) is 47.0. The molecule has 0 heteroatoms. The Labute approximate surface area is 415 Å². The lowest BCUT2D eigenvalue weighted by molar-refractivity contribution is 1.70. The molecule has 0 aliphatic rings. The van der Waals surface area contributed by atoms with Crippen molar-refractivity contribution in [2.24, 2.45) is 0 Å². The van der Waals surface area contributed by atoms with E-state index in [9.17, 15) is 0 Å². The Hall–Kier alpha value is -9.36. The van der Waals surface area contributed by atoms with Crippen molar-refractivity contribution in [1.82, 2.24) is 0 Å². The van der Waals surface area contributed by atoms with Gasteiger partial charge in [-0.05, 0) is 211 Å². The van der Waals surface area contributed by atoms with Crippen LogP contribution in [0.4, 0.5) is 0 Å². The minimum atomic E-state index is 1.24. The van der Waals surface area contributed by atoms with Gasteiger partial charge in [-0.25, -0.2) is 0 Å². The molecule has 0 saturated carbocycles. The first-order chi connectivity index (χ1) is 35.7. The van der Waals surface area contributed by atoms with E-state index in [4.69, 9.17) is 0 Å². The van der Waals surface area contributed by atoms with Crippen LogP contribution in [-0.2, 0) is 0 Å². The molecule has 72 heavy (non-hydrogen) atoms. The summed E-state index contributed by atoms with van der Waals surface area (Å²) in [6, 6.07) is 96.1. The van der Waals surface area contributed by atoms with Crippen LogP contribution in [0.25, 0.3) is 163 Å². The summed E-state index contributed by atoms with van der Waals surface area (Å²) in [6.45, 7) is 0. The fourth-order valence-electron chi connectivity index (χ4n) is 12.9. The smallest absolute Gasteiger partial charge is 0.00201 e. The third kappa shape index (κ3) is 5.69. The summed E-state index contributed by atoms with van der Waals surface area (Å²) >= 11 is 0. The van der Waals surface area contributed by atoms with Crippen molar-refractivity contribution in [2.45, 2.75) is 0 Å². The van der Waals surface area contributed by atoms with Crippen LogP contribution >= 0.6 is 0 Å².